The molecule has 0 saturated carbocycles. The van der Waals surface area contributed by atoms with Crippen LogP contribution in [0.1, 0.15) is 19.8 Å². The molecule has 0 fully saturated rings. The van der Waals surface area contributed by atoms with Gasteiger partial charge in [0.05, 0.1) is 5.92 Å². The first-order valence-electron chi connectivity index (χ1n) is 5.30. The quantitative estimate of drug-likeness (QED) is 0.610. The Morgan fingerprint density at radius 1 is 1.53 bits per heavy atom. The number of nitrogens with one attached hydrogen (secondary N) is 1. The minimum absolute atomic E-state index is 0.0709. The number of carboxylic acids is 1. The fraction of sp³-hybridized carbons (Fsp3) is 0.667. The second-order valence-corrected chi connectivity index (χ2v) is 3.74. The number of aromatic nitrogens is 4. The number of rotatable bonds is 7. The molecule has 0 aromatic carbocycles. The van der Waals surface area contributed by atoms with Crippen molar-refractivity contribution in [3.63, 3.8) is 0 Å². The lowest BCUT2D eigenvalue weighted by atomic mass is 10.1. The summed E-state index contributed by atoms with van der Waals surface area (Å²) in [6.45, 7) is 2.17. The number of hydrogen-bond acceptors (Lipinski definition) is 5. The van der Waals surface area contributed by atoms with Crippen molar-refractivity contribution in [3.05, 3.63) is 6.33 Å². The first-order chi connectivity index (χ1) is 8.09. The Hall–Kier alpha value is -1.99. The SMILES string of the molecule is CC(CCCNC(=O)Cn1cnnn1)C(=O)O. The van der Waals surface area contributed by atoms with Crippen LogP contribution in [0.5, 0.6) is 0 Å². The lowest BCUT2D eigenvalue weighted by Gasteiger charge is -2.07. The van der Waals surface area contributed by atoms with Gasteiger partial charge in [0.15, 0.2) is 0 Å². The normalized spacial score (nSPS) is 12.1. The van der Waals surface area contributed by atoms with E-state index in [1.165, 1.54) is 11.0 Å². The fourth-order valence-corrected chi connectivity index (χ4v) is 1.22. The average Bonchev–Trinajstić information content (AvgIpc) is 2.76. The zero-order valence-electron chi connectivity index (χ0n) is 9.54. The van der Waals surface area contributed by atoms with Gasteiger partial charge < -0.3 is 10.4 Å². The number of amides is 1. The van der Waals surface area contributed by atoms with Crippen LogP contribution in [0.2, 0.25) is 0 Å². The molecular formula is C9H15N5O3. The van der Waals surface area contributed by atoms with Gasteiger partial charge in [0, 0.05) is 6.54 Å². The summed E-state index contributed by atoms with van der Waals surface area (Å²) in [7, 11) is 0. The zero-order valence-corrected chi connectivity index (χ0v) is 9.54. The smallest absolute Gasteiger partial charge is 0.306 e. The largest absolute Gasteiger partial charge is 0.481 e. The predicted molar refractivity (Wildman–Crippen MR) is 56.9 cm³/mol. The molecule has 17 heavy (non-hydrogen) atoms. The average molecular weight is 241 g/mol. The molecule has 1 aromatic heterocycles. The molecule has 0 spiro atoms. The Balaban J connectivity index is 2.10. The van der Waals surface area contributed by atoms with Gasteiger partial charge in [-0.15, -0.1) is 5.10 Å². The van der Waals surface area contributed by atoms with E-state index in [1.807, 2.05) is 0 Å². The second kappa shape index (κ2) is 6.56. The Morgan fingerprint density at radius 3 is 2.88 bits per heavy atom. The highest BCUT2D eigenvalue weighted by molar-refractivity contribution is 5.75. The molecule has 1 amide bonds. The van der Waals surface area contributed by atoms with Crippen molar-refractivity contribution in [3.8, 4) is 0 Å². The van der Waals surface area contributed by atoms with Gasteiger partial charge in [-0.3, -0.25) is 9.59 Å². The van der Waals surface area contributed by atoms with Gasteiger partial charge in [-0.25, -0.2) is 4.68 Å². The van der Waals surface area contributed by atoms with E-state index in [-0.39, 0.29) is 18.4 Å². The van der Waals surface area contributed by atoms with Crippen LogP contribution in [-0.4, -0.2) is 43.7 Å². The van der Waals surface area contributed by atoms with Crippen LogP contribution in [0.3, 0.4) is 0 Å². The molecule has 1 unspecified atom stereocenters. The number of nitrogens with zero attached hydrogens (tertiary/aromatic N) is 4. The summed E-state index contributed by atoms with van der Waals surface area (Å²) < 4.78 is 1.31. The van der Waals surface area contributed by atoms with Gasteiger partial charge in [-0.05, 0) is 23.3 Å². The van der Waals surface area contributed by atoms with Gasteiger partial charge in [0.1, 0.15) is 12.9 Å². The first-order valence-corrected chi connectivity index (χ1v) is 5.30. The van der Waals surface area contributed by atoms with Crippen molar-refractivity contribution in [2.75, 3.05) is 6.54 Å². The van der Waals surface area contributed by atoms with Crippen LogP contribution in [0.4, 0.5) is 0 Å². The van der Waals surface area contributed by atoms with Crippen molar-refractivity contribution in [1.82, 2.24) is 25.5 Å². The van der Waals surface area contributed by atoms with E-state index >= 15 is 0 Å². The third kappa shape index (κ3) is 5.05. The third-order valence-corrected chi connectivity index (χ3v) is 2.25. The molecule has 0 radical (unpaired) electrons. The number of hydrogen-bond donors (Lipinski definition) is 2. The van der Waals surface area contributed by atoms with Crippen molar-refractivity contribution in [2.24, 2.45) is 5.92 Å². The molecule has 8 nitrogen and oxygen atoms in total. The number of carbonyl (C=O) groups is 2. The van der Waals surface area contributed by atoms with Crippen molar-refractivity contribution < 1.29 is 14.7 Å². The molecule has 0 aliphatic carbocycles. The summed E-state index contributed by atoms with van der Waals surface area (Å²) in [4.78, 5) is 21.9. The summed E-state index contributed by atoms with van der Waals surface area (Å²) in [6.07, 6.45) is 2.53. The first kappa shape index (κ1) is 13.1. The van der Waals surface area contributed by atoms with Crippen LogP contribution in [-0.2, 0) is 16.1 Å². The van der Waals surface area contributed by atoms with E-state index < -0.39 is 5.97 Å². The van der Waals surface area contributed by atoms with Gasteiger partial charge in [-0.2, -0.15) is 0 Å². The molecular weight excluding hydrogens is 226 g/mol. The predicted octanol–water partition coefficient (Wildman–Crippen LogP) is -0.710. The van der Waals surface area contributed by atoms with E-state index in [0.717, 1.165) is 0 Å². The fourth-order valence-electron chi connectivity index (χ4n) is 1.22. The second-order valence-electron chi connectivity index (χ2n) is 3.74. The maximum absolute atomic E-state index is 11.3. The summed E-state index contributed by atoms with van der Waals surface area (Å²) in [6, 6.07) is 0. The lowest BCUT2D eigenvalue weighted by Crippen LogP contribution is -2.29. The number of aliphatic carboxylic acids is 1. The van der Waals surface area contributed by atoms with E-state index in [4.69, 9.17) is 5.11 Å². The standard InChI is InChI=1S/C9H15N5O3/c1-7(9(16)17)3-2-4-10-8(15)5-14-6-11-12-13-14/h6-7H,2-5H2,1H3,(H,10,15)(H,16,17). The molecule has 1 heterocycles. The minimum Gasteiger partial charge on any atom is -0.481 e. The molecule has 0 aliphatic heterocycles. The van der Waals surface area contributed by atoms with Crippen molar-refractivity contribution in [2.45, 2.75) is 26.3 Å². The lowest BCUT2D eigenvalue weighted by molar-refractivity contribution is -0.141. The molecule has 8 heteroatoms. The number of tetrazole rings is 1. The molecule has 94 valence electrons. The minimum atomic E-state index is -0.815. The van der Waals surface area contributed by atoms with Crippen molar-refractivity contribution in [1.29, 1.82) is 0 Å². The molecule has 0 bridgehead atoms. The Bertz CT molecular complexity index is 365. The summed E-state index contributed by atoms with van der Waals surface area (Å²) in [5.41, 5.74) is 0. The van der Waals surface area contributed by atoms with Crippen LogP contribution >= 0.6 is 0 Å². The maximum Gasteiger partial charge on any atom is 0.306 e. The topological polar surface area (TPSA) is 110 Å². The third-order valence-electron chi connectivity index (χ3n) is 2.25. The van der Waals surface area contributed by atoms with E-state index in [1.54, 1.807) is 6.92 Å². The van der Waals surface area contributed by atoms with Gasteiger partial charge in [-0.1, -0.05) is 6.92 Å². The zero-order chi connectivity index (χ0) is 12.7. The highest BCUT2D eigenvalue weighted by Gasteiger charge is 2.10. The van der Waals surface area contributed by atoms with Crippen molar-refractivity contribution >= 4 is 11.9 Å². The molecule has 1 aromatic rings. The summed E-state index contributed by atoms with van der Waals surface area (Å²) in [5.74, 6) is -1.39. The molecule has 0 saturated heterocycles. The summed E-state index contributed by atoms with van der Waals surface area (Å²) >= 11 is 0. The van der Waals surface area contributed by atoms with Gasteiger partial charge >= 0.3 is 5.97 Å². The highest BCUT2D eigenvalue weighted by Crippen LogP contribution is 2.03. The van der Waals surface area contributed by atoms with Gasteiger partial charge in [0.25, 0.3) is 0 Å². The van der Waals surface area contributed by atoms with Crippen LogP contribution < -0.4 is 5.32 Å². The van der Waals surface area contributed by atoms with Crippen LogP contribution in [0, 0.1) is 5.92 Å². The molecule has 1 atom stereocenters. The Kier molecular flexibility index (Phi) is 5.05. The monoisotopic (exact) mass is 241 g/mol. The number of carboxylic acid groups (broad SMARTS) is 1. The highest BCUT2D eigenvalue weighted by atomic mass is 16.4. The maximum atomic E-state index is 11.3. The molecule has 0 aliphatic rings. The number of carbonyl (C=O) groups excluding carboxylic acids is 1. The van der Waals surface area contributed by atoms with Crippen LogP contribution in [0.15, 0.2) is 6.33 Å². The molecule has 2 N–H and O–H groups in total. The van der Waals surface area contributed by atoms with E-state index in [2.05, 4.69) is 20.8 Å². The Labute approximate surface area is 98.0 Å². The van der Waals surface area contributed by atoms with E-state index in [0.29, 0.717) is 19.4 Å². The van der Waals surface area contributed by atoms with Crippen LogP contribution in [0.25, 0.3) is 0 Å². The molecule has 1 rings (SSSR count). The van der Waals surface area contributed by atoms with E-state index in [9.17, 15) is 9.59 Å². The summed E-state index contributed by atoms with van der Waals surface area (Å²) in [5, 5.41) is 21.7. The Morgan fingerprint density at radius 2 is 2.29 bits per heavy atom. The van der Waals surface area contributed by atoms with Gasteiger partial charge in [0.2, 0.25) is 5.91 Å².